The second-order valence-corrected chi connectivity index (χ2v) is 5.52. The zero-order valence-corrected chi connectivity index (χ0v) is 10.4. The number of thiazole rings is 1. The van der Waals surface area contributed by atoms with Crippen LogP contribution in [0.25, 0.3) is 0 Å². The van der Waals surface area contributed by atoms with Crippen LogP contribution in [-0.4, -0.2) is 24.8 Å². The largest absolute Gasteiger partial charge is 0.395 e. The molecule has 0 aromatic carbocycles. The van der Waals surface area contributed by atoms with E-state index >= 15 is 0 Å². The Hall–Kier alpha value is -0.620. The van der Waals surface area contributed by atoms with E-state index in [0.717, 1.165) is 36.4 Å². The van der Waals surface area contributed by atoms with Gasteiger partial charge in [0.15, 0.2) is 0 Å². The molecule has 6 heteroatoms. The van der Waals surface area contributed by atoms with Crippen molar-refractivity contribution >= 4 is 11.3 Å². The number of aryl methyl sites for hydroxylation is 1. The molecule has 1 aliphatic carbocycles. The van der Waals surface area contributed by atoms with Crippen LogP contribution < -0.4 is 5.32 Å². The fraction of sp³-hybridized carbons (Fsp3) is 0.727. The molecule has 2 rings (SSSR count). The minimum Gasteiger partial charge on any atom is -0.319 e. The third kappa shape index (κ3) is 3.19. The number of likely N-dealkylation sites (N-methyl/N-ethyl adjacent to an activating group) is 1. The topological polar surface area (TPSA) is 24.9 Å². The lowest BCUT2D eigenvalue weighted by molar-refractivity contribution is -0.127. The summed E-state index contributed by atoms with van der Waals surface area (Å²) in [5.41, 5.74) is 0.898. The van der Waals surface area contributed by atoms with E-state index in [1.807, 2.05) is 7.05 Å². The molecule has 0 radical (unpaired) electrons. The molecule has 1 heterocycles. The van der Waals surface area contributed by atoms with Crippen molar-refractivity contribution in [1.29, 1.82) is 0 Å². The zero-order chi connectivity index (χ0) is 12.5. The summed E-state index contributed by atoms with van der Waals surface area (Å²) in [6.07, 6.45) is -2.10. The van der Waals surface area contributed by atoms with Crippen molar-refractivity contribution < 1.29 is 13.2 Å². The molecular formula is C11H15F3N2S. The smallest absolute Gasteiger partial charge is 0.319 e. The first-order chi connectivity index (χ1) is 7.99. The van der Waals surface area contributed by atoms with Gasteiger partial charge in [0, 0.05) is 17.3 Å². The highest BCUT2D eigenvalue weighted by Crippen LogP contribution is 2.36. The summed E-state index contributed by atoms with van der Waals surface area (Å²) >= 11 is 1.23. The monoisotopic (exact) mass is 264 g/mol. The molecule has 2 nitrogen and oxygen atoms in total. The van der Waals surface area contributed by atoms with Gasteiger partial charge >= 0.3 is 6.18 Å². The highest BCUT2D eigenvalue weighted by molar-refractivity contribution is 7.11. The SMILES string of the molecule is CNCC1CCCc2sc(CC(F)(F)F)nc21. The van der Waals surface area contributed by atoms with Crippen LogP contribution in [0.15, 0.2) is 0 Å². The molecule has 0 amide bonds. The lowest BCUT2D eigenvalue weighted by atomic mass is 9.91. The van der Waals surface area contributed by atoms with Crippen molar-refractivity contribution in [3.63, 3.8) is 0 Å². The second-order valence-electron chi connectivity index (χ2n) is 4.35. The number of halogens is 3. The maximum absolute atomic E-state index is 12.3. The zero-order valence-electron chi connectivity index (χ0n) is 9.60. The summed E-state index contributed by atoms with van der Waals surface area (Å²) in [4.78, 5) is 5.25. The van der Waals surface area contributed by atoms with E-state index in [-0.39, 0.29) is 10.9 Å². The van der Waals surface area contributed by atoms with E-state index < -0.39 is 12.6 Å². The third-order valence-electron chi connectivity index (χ3n) is 2.92. The average molecular weight is 264 g/mol. The van der Waals surface area contributed by atoms with Crippen molar-refractivity contribution in [1.82, 2.24) is 10.3 Å². The summed E-state index contributed by atoms with van der Waals surface area (Å²) in [6.45, 7) is 0.794. The van der Waals surface area contributed by atoms with Crippen molar-refractivity contribution in [3.8, 4) is 0 Å². The molecule has 1 aromatic rings. The van der Waals surface area contributed by atoms with Crippen molar-refractivity contribution in [2.45, 2.75) is 37.8 Å². The van der Waals surface area contributed by atoms with E-state index in [4.69, 9.17) is 0 Å². The van der Waals surface area contributed by atoms with E-state index in [2.05, 4.69) is 10.3 Å². The minimum absolute atomic E-state index is 0.213. The third-order valence-corrected chi connectivity index (χ3v) is 4.05. The van der Waals surface area contributed by atoms with Gasteiger partial charge in [-0.3, -0.25) is 0 Å². The maximum Gasteiger partial charge on any atom is 0.395 e. The fourth-order valence-electron chi connectivity index (χ4n) is 2.25. The summed E-state index contributed by atoms with van der Waals surface area (Å²) in [6, 6.07) is 0. The minimum atomic E-state index is -4.15. The van der Waals surface area contributed by atoms with Gasteiger partial charge < -0.3 is 5.32 Å². The van der Waals surface area contributed by atoms with Crippen LogP contribution in [0.4, 0.5) is 13.2 Å². The van der Waals surface area contributed by atoms with Crippen molar-refractivity contribution in [2.75, 3.05) is 13.6 Å². The van der Waals surface area contributed by atoms with Gasteiger partial charge in [-0.1, -0.05) is 0 Å². The number of nitrogens with one attached hydrogen (secondary N) is 1. The van der Waals surface area contributed by atoms with Crippen LogP contribution >= 0.6 is 11.3 Å². The van der Waals surface area contributed by atoms with Gasteiger partial charge in [-0.15, -0.1) is 11.3 Å². The summed E-state index contributed by atoms with van der Waals surface area (Å²) < 4.78 is 36.9. The highest BCUT2D eigenvalue weighted by atomic mass is 32.1. The number of nitrogens with zero attached hydrogens (tertiary/aromatic N) is 1. The molecule has 0 saturated heterocycles. The summed E-state index contributed by atoms with van der Waals surface area (Å²) in [5.74, 6) is 0.280. The Balaban J connectivity index is 2.18. The first kappa shape index (κ1) is 12.8. The van der Waals surface area contributed by atoms with Crippen LogP contribution in [0.3, 0.4) is 0 Å². The Kier molecular flexibility index (Phi) is 3.73. The number of fused-ring (bicyclic) bond motifs is 1. The first-order valence-electron chi connectivity index (χ1n) is 5.69. The summed E-state index contributed by atoms with van der Waals surface area (Å²) in [7, 11) is 1.86. The van der Waals surface area contributed by atoms with Crippen LogP contribution in [-0.2, 0) is 12.8 Å². The van der Waals surface area contributed by atoms with E-state index in [1.54, 1.807) is 0 Å². The average Bonchev–Trinajstić information content (AvgIpc) is 2.58. The Morgan fingerprint density at radius 3 is 2.88 bits per heavy atom. The number of hydrogen-bond donors (Lipinski definition) is 1. The normalized spacial score (nSPS) is 20.4. The lowest BCUT2D eigenvalue weighted by Crippen LogP contribution is -2.21. The predicted octanol–water partition coefficient (Wildman–Crippen LogP) is 2.89. The lowest BCUT2D eigenvalue weighted by Gasteiger charge is -2.20. The number of alkyl halides is 3. The van der Waals surface area contributed by atoms with Gasteiger partial charge in [-0.25, -0.2) is 4.98 Å². The molecule has 96 valence electrons. The Bertz CT molecular complexity index is 387. The standard InChI is InChI=1S/C11H15F3N2S/c1-15-6-7-3-2-4-8-10(7)16-9(17-8)5-11(12,13)14/h7,15H,2-6H2,1H3. The molecule has 1 N–H and O–H groups in total. The van der Waals surface area contributed by atoms with E-state index in [9.17, 15) is 13.2 Å². The molecule has 1 unspecified atom stereocenters. The summed E-state index contributed by atoms with van der Waals surface area (Å²) in [5, 5.41) is 3.29. The van der Waals surface area contributed by atoms with E-state index in [0.29, 0.717) is 0 Å². The van der Waals surface area contributed by atoms with E-state index in [1.165, 1.54) is 11.3 Å². The van der Waals surface area contributed by atoms with Gasteiger partial charge in [0.05, 0.1) is 12.1 Å². The molecule has 0 aliphatic heterocycles. The molecule has 17 heavy (non-hydrogen) atoms. The molecule has 0 spiro atoms. The molecule has 1 aliphatic rings. The molecule has 0 fully saturated rings. The maximum atomic E-state index is 12.3. The van der Waals surface area contributed by atoms with Crippen molar-refractivity contribution in [3.05, 3.63) is 15.6 Å². The second kappa shape index (κ2) is 4.94. The van der Waals surface area contributed by atoms with Gasteiger partial charge in [-0.05, 0) is 26.3 Å². The van der Waals surface area contributed by atoms with Gasteiger partial charge in [0.1, 0.15) is 5.01 Å². The molecule has 0 bridgehead atoms. The number of rotatable bonds is 3. The Morgan fingerprint density at radius 2 is 2.24 bits per heavy atom. The number of aromatic nitrogens is 1. The molecule has 1 aromatic heterocycles. The predicted molar refractivity (Wildman–Crippen MR) is 61.5 cm³/mol. The number of hydrogen-bond acceptors (Lipinski definition) is 3. The Labute approximate surface area is 102 Å². The van der Waals surface area contributed by atoms with Crippen molar-refractivity contribution in [2.24, 2.45) is 0 Å². The fourth-order valence-corrected chi connectivity index (χ4v) is 3.48. The van der Waals surface area contributed by atoms with Crippen LogP contribution in [0, 0.1) is 0 Å². The van der Waals surface area contributed by atoms with Gasteiger partial charge in [-0.2, -0.15) is 13.2 Å². The molecular weight excluding hydrogens is 249 g/mol. The van der Waals surface area contributed by atoms with Crippen LogP contribution in [0.5, 0.6) is 0 Å². The van der Waals surface area contributed by atoms with Crippen LogP contribution in [0.2, 0.25) is 0 Å². The van der Waals surface area contributed by atoms with Gasteiger partial charge in [0.2, 0.25) is 0 Å². The quantitative estimate of drug-likeness (QED) is 0.908. The van der Waals surface area contributed by atoms with Crippen LogP contribution in [0.1, 0.15) is 34.3 Å². The first-order valence-corrected chi connectivity index (χ1v) is 6.51. The van der Waals surface area contributed by atoms with Gasteiger partial charge in [0.25, 0.3) is 0 Å². The molecule has 0 saturated carbocycles. The highest BCUT2D eigenvalue weighted by Gasteiger charge is 2.32. The molecule has 1 atom stereocenters. The Morgan fingerprint density at radius 1 is 1.47 bits per heavy atom.